The Morgan fingerprint density at radius 2 is 1.86 bits per heavy atom. The summed E-state index contributed by atoms with van der Waals surface area (Å²) in [7, 11) is 0. The van der Waals surface area contributed by atoms with Crippen molar-refractivity contribution in [1.82, 2.24) is 5.32 Å². The maximum absolute atomic E-state index is 12.6. The number of thioether (sulfide) groups is 1. The molecule has 2 N–H and O–H groups in total. The van der Waals surface area contributed by atoms with Crippen LogP contribution >= 0.6 is 11.8 Å². The van der Waals surface area contributed by atoms with Crippen LogP contribution in [0.4, 0.5) is 5.69 Å². The van der Waals surface area contributed by atoms with Gasteiger partial charge in [-0.15, -0.1) is 0 Å². The Hall–Kier alpha value is -2.98. The summed E-state index contributed by atoms with van der Waals surface area (Å²) in [5, 5.41) is 14.3. The third kappa shape index (κ3) is 7.33. The highest BCUT2D eigenvalue weighted by Crippen LogP contribution is 2.12. The van der Waals surface area contributed by atoms with E-state index < -0.39 is 6.04 Å². The van der Waals surface area contributed by atoms with Crippen molar-refractivity contribution in [3.8, 4) is 11.8 Å². The van der Waals surface area contributed by atoms with Crippen LogP contribution in [0.25, 0.3) is 0 Å². The van der Waals surface area contributed by atoms with E-state index in [0.717, 1.165) is 11.3 Å². The van der Waals surface area contributed by atoms with Crippen molar-refractivity contribution in [2.24, 2.45) is 0 Å². The van der Waals surface area contributed by atoms with Crippen LogP contribution in [0.1, 0.15) is 12.0 Å². The van der Waals surface area contributed by atoms with Gasteiger partial charge in [0.1, 0.15) is 11.8 Å². The number of hydrogen-bond acceptors (Lipinski definition) is 5. The lowest BCUT2D eigenvalue weighted by Crippen LogP contribution is -2.45. The number of nitrogens with zero attached hydrogens (tertiary/aromatic N) is 1. The van der Waals surface area contributed by atoms with Crippen molar-refractivity contribution in [1.29, 1.82) is 5.26 Å². The monoisotopic (exact) mass is 397 g/mol. The number of anilines is 1. The van der Waals surface area contributed by atoms with Gasteiger partial charge in [-0.1, -0.05) is 30.3 Å². The number of amides is 2. The van der Waals surface area contributed by atoms with Crippen molar-refractivity contribution in [3.05, 3.63) is 60.2 Å². The van der Waals surface area contributed by atoms with E-state index in [1.165, 1.54) is 0 Å². The maximum Gasteiger partial charge on any atom is 0.258 e. The molecular weight excluding hydrogens is 374 g/mol. The number of para-hydroxylation sites is 1. The van der Waals surface area contributed by atoms with E-state index in [1.807, 2.05) is 24.5 Å². The zero-order valence-electron chi connectivity index (χ0n) is 15.7. The number of carbonyl (C=O) groups excluding carboxylic acids is 2. The first-order valence-electron chi connectivity index (χ1n) is 8.85. The van der Waals surface area contributed by atoms with Crippen molar-refractivity contribution in [2.45, 2.75) is 18.9 Å². The van der Waals surface area contributed by atoms with Gasteiger partial charge >= 0.3 is 0 Å². The molecule has 0 saturated carbocycles. The lowest BCUT2D eigenvalue weighted by atomic mass is 10.1. The molecule has 0 aliphatic rings. The number of ether oxygens (including phenoxy) is 1. The molecule has 0 bridgehead atoms. The van der Waals surface area contributed by atoms with Crippen LogP contribution in [0.3, 0.4) is 0 Å². The number of carbonyl (C=O) groups is 2. The standard InChI is InChI=1S/C21H23N3O3S/c1-28-14-12-19(24-20(25)15-27-18-5-3-2-4-6-18)21(26)23-17-9-7-16(8-10-17)11-13-22/h2-10,19H,11-12,14-15H2,1H3,(H,23,26)(H,24,25). The minimum Gasteiger partial charge on any atom is -0.484 e. The van der Waals surface area contributed by atoms with E-state index in [9.17, 15) is 9.59 Å². The molecular formula is C21H23N3O3S. The van der Waals surface area contributed by atoms with Crippen LogP contribution in [-0.4, -0.2) is 36.5 Å². The van der Waals surface area contributed by atoms with Crippen LogP contribution in [0.5, 0.6) is 5.75 Å². The minimum absolute atomic E-state index is 0.157. The second kappa shape index (κ2) is 11.7. The van der Waals surface area contributed by atoms with E-state index in [0.29, 0.717) is 24.3 Å². The molecule has 0 aliphatic carbocycles. The first-order chi connectivity index (χ1) is 13.6. The molecule has 0 saturated heterocycles. The summed E-state index contributed by atoms with van der Waals surface area (Å²) in [5.74, 6) is 0.698. The predicted molar refractivity (Wildman–Crippen MR) is 111 cm³/mol. The lowest BCUT2D eigenvalue weighted by Gasteiger charge is -2.18. The van der Waals surface area contributed by atoms with Gasteiger partial charge in [-0.05, 0) is 48.3 Å². The fourth-order valence-corrected chi connectivity index (χ4v) is 2.90. The van der Waals surface area contributed by atoms with E-state index >= 15 is 0 Å². The number of benzene rings is 2. The zero-order chi connectivity index (χ0) is 20.2. The van der Waals surface area contributed by atoms with Crippen molar-refractivity contribution >= 4 is 29.3 Å². The largest absolute Gasteiger partial charge is 0.484 e. The fourth-order valence-electron chi connectivity index (χ4n) is 2.43. The Morgan fingerprint density at radius 3 is 2.50 bits per heavy atom. The molecule has 7 heteroatoms. The van der Waals surface area contributed by atoms with Gasteiger partial charge in [0.05, 0.1) is 12.5 Å². The summed E-state index contributed by atoms with van der Waals surface area (Å²) in [4.78, 5) is 24.8. The molecule has 2 amide bonds. The van der Waals surface area contributed by atoms with Gasteiger partial charge in [0.15, 0.2) is 6.61 Å². The van der Waals surface area contributed by atoms with E-state index in [4.69, 9.17) is 10.00 Å². The Kier molecular flexibility index (Phi) is 8.89. The third-order valence-corrected chi connectivity index (χ3v) is 4.52. The van der Waals surface area contributed by atoms with Gasteiger partial charge in [0.2, 0.25) is 5.91 Å². The van der Waals surface area contributed by atoms with Gasteiger partial charge in [0.25, 0.3) is 5.91 Å². The highest BCUT2D eigenvalue weighted by atomic mass is 32.2. The van der Waals surface area contributed by atoms with Crippen molar-refractivity contribution in [3.63, 3.8) is 0 Å². The smallest absolute Gasteiger partial charge is 0.258 e. The summed E-state index contributed by atoms with van der Waals surface area (Å²) in [6.07, 6.45) is 2.78. The highest BCUT2D eigenvalue weighted by Gasteiger charge is 2.21. The third-order valence-electron chi connectivity index (χ3n) is 3.88. The van der Waals surface area contributed by atoms with Gasteiger partial charge in [-0.25, -0.2) is 0 Å². The Bertz CT molecular complexity index is 804. The molecule has 0 spiro atoms. The Morgan fingerprint density at radius 1 is 1.14 bits per heavy atom. The molecule has 6 nitrogen and oxygen atoms in total. The first-order valence-corrected chi connectivity index (χ1v) is 10.2. The zero-order valence-corrected chi connectivity index (χ0v) is 16.5. The molecule has 1 atom stereocenters. The molecule has 1 unspecified atom stereocenters. The van der Waals surface area contributed by atoms with Gasteiger partial charge in [-0.3, -0.25) is 9.59 Å². The topological polar surface area (TPSA) is 91.2 Å². The summed E-state index contributed by atoms with van der Waals surface area (Å²) in [6, 6.07) is 17.5. The first kappa shape index (κ1) is 21.3. The normalized spacial score (nSPS) is 11.1. The Labute approximate surface area is 169 Å². The SMILES string of the molecule is CSCCC(NC(=O)COc1ccccc1)C(=O)Nc1ccc(CC#N)cc1. The lowest BCUT2D eigenvalue weighted by molar-refractivity contribution is -0.127. The molecule has 28 heavy (non-hydrogen) atoms. The molecule has 0 aliphatic heterocycles. The van der Waals surface area contributed by atoms with Gasteiger partial charge < -0.3 is 15.4 Å². The molecule has 2 rings (SSSR count). The summed E-state index contributed by atoms with van der Waals surface area (Å²) >= 11 is 1.61. The molecule has 0 heterocycles. The van der Waals surface area contributed by atoms with Crippen LogP contribution in [-0.2, 0) is 16.0 Å². The van der Waals surface area contributed by atoms with Crippen molar-refractivity contribution < 1.29 is 14.3 Å². The van der Waals surface area contributed by atoms with Gasteiger partial charge in [0, 0.05) is 5.69 Å². The number of nitrogens with one attached hydrogen (secondary N) is 2. The summed E-state index contributed by atoms with van der Waals surface area (Å²) in [6.45, 7) is -0.157. The summed E-state index contributed by atoms with van der Waals surface area (Å²) in [5.41, 5.74) is 1.50. The van der Waals surface area contributed by atoms with E-state index in [1.54, 1.807) is 48.2 Å². The van der Waals surface area contributed by atoms with E-state index in [2.05, 4.69) is 16.7 Å². The predicted octanol–water partition coefficient (Wildman–Crippen LogP) is 3.01. The molecule has 0 fully saturated rings. The quantitative estimate of drug-likeness (QED) is 0.643. The summed E-state index contributed by atoms with van der Waals surface area (Å²) < 4.78 is 5.43. The second-order valence-corrected chi connectivity index (χ2v) is 7.01. The molecule has 0 radical (unpaired) electrons. The molecule has 146 valence electrons. The Balaban J connectivity index is 1.92. The highest BCUT2D eigenvalue weighted by molar-refractivity contribution is 7.98. The van der Waals surface area contributed by atoms with E-state index in [-0.39, 0.29) is 18.4 Å². The average molecular weight is 398 g/mol. The van der Waals surface area contributed by atoms with Crippen LogP contribution < -0.4 is 15.4 Å². The minimum atomic E-state index is -0.655. The number of hydrogen-bond donors (Lipinski definition) is 2. The van der Waals surface area contributed by atoms with Crippen LogP contribution in [0.15, 0.2) is 54.6 Å². The number of rotatable bonds is 10. The molecule has 2 aromatic carbocycles. The van der Waals surface area contributed by atoms with Crippen LogP contribution in [0.2, 0.25) is 0 Å². The second-order valence-electron chi connectivity index (χ2n) is 6.02. The molecule has 2 aromatic rings. The van der Waals surface area contributed by atoms with Crippen LogP contribution in [0, 0.1) is 11.3 Å². The maximum atomic E-state index is 12.6. The van der Waals surface area contributed by atoms with Gasteiger partial charge in [-0.2, -0.15) is 17.0 Å². The number of nitriles is 1. The fraction of sp³-hybridized carbons (Fsp3) is 0.286. The molecule has 0 aromatic heterocycles. The van der Waals surface area contributed by atoms with Crippen molar-refractivity contribution in [2.75, 3.05) is 23.9 Å². The average Bonchev–Trinajstić information content (AvgIpc) is 2.72.